The van der Waals surface area contributed by atoms with E-state index in [1.54, 1.807) is 11.3 Å². The van der Waals surface area contributed by atoms with Gasteiger partial charge in [0.05, 0.1) is 11.4 Å². The van der Waals surface area contributed by atoms with Crippen LogP contribution in [0.4, 0.5) is 5.69 Å². The number of hydrogen-bond acceptors (Lipinski definition) is 4. The smallest absolute Gasteiger partial charge is 0.264 e. The first-order valence-corrected chi connectivity index (χ1v) is 9.32. The number of fused-ring (bicyclic) bond motifs is 3. The lowest BCUT2D eigenvalue weighted by atomic mass is 9.75. The molecule has 21 heavy (non-hydrogen) atoms. The lowest BCUT2D eigenvalue weighted by molar-refractivity contribution is 0.475. The van der Waals surface area contributed by atoms with Gasteiger partial charge in [0, 0.05) is 15.8 Å². The highest BCUT2D eigenvalue weighted by atomic mass is 32.2. The summed E-state index contributed by atoms with van der Waals surface area (Å²) in [5.41, 5.74) is 2.91. The molecule has 1 aromatic heterocycles. The van der Waals surface area contributed by atoms with Gasteiger partial charge in [-0.15, -0.1) is 11.3 Å². The first-order valence-electron chi connectivity index (χ1n) is 6.83. The van der Waals surface area contributed by atoms with E-state index in [1.807, 2.05) is 13.0 Å². The highest BCUT2D eigenvalue weighted by molar-refractivity contribution is 7.85. The predicted octanol–water partition coefficient (Wildman–Crippen LogP) is 3.93. The van der Waals surface area contributed by atoms with Gasteiger partial charge in [-0.2, -0.15) is 8.42 Å². The molecule has 0 amide bonds. The third kappa shape index (κ3) is 2.52. The van der Waals surface area contributed by atoms with Gasteiger partial charge in [0.1, 0.15) is 0 Å². The van der Waals surface area contributed by atoms with Gasteiger partial charge in [-0.25, -0.2) is 0 Å². The Labute approximate surface area is 128 Å². The van der Waals surface area contributed by atoms with Crippen molar-refractivity contribution in [3.63, 3.8) is 0 Å². The molecule has 0 spiro atoms. The summed E-state index contributed by atoms with van der Waals surface area (Å²) >= 11 is 1.70. The average molecular weight is 323 g/mol. The van der Waals surface area contributed by atoms with Crippen LogP contribution in [0.15, 0.2) is 28.6 Å². The quantitative estimate of drug-likeness (QED) is 0.867. The van der Waals surface area contributed by atoms with Gasteiger partial charge in [-0.05, 0) is 54.3 Å². The van der Waals surface area contributed by atoms with Crippen molar-refractivity contribution < 1.29 is 13.0 Å². The molecule has 1 unspecified atom stereocenters. The second kappa shape index (κ2) is 4.90. The van der Waals surface area contributed by atoms with Crippen LogP contribution >= 0.6 is 11.3 Å². The van der Waals surface area contributed by atoms with Gasteiger partial charge in [0.25, 0.3) is 10.1 Å². The molecule has 1 aliphatic rings. The minimum Gasteiger partial charge on any atom is -0.286 e. The number of thiophene rings is 1. The molecule has 0 radical (unpaired) electrons. The first kappa shape index (κ1) is 14.7. The first-order chi connectivity index (χ1) is 9.81. The summed E-state index contributed by atoms with van der Waals surface area (Å²) in [6.45, 7) is 4.10. The third-order valence-electron chi connectivity index (χ3n) is 4.33. The third-order valence-corrected chi connectivity index (χ3v) is 6.02. The Hall–Kier alpha value is -1.24. The van der Waals surface area contributed by atoms with Gasteiger partial charge in [0.15, 0.2) is 0 Å². The summed E-state index contributed by atoms with van der Waals surface area (Å²) in [7, 11) is -3.91. The molecule has 4 nitrogen and oxygen atoms in total. The minimum absolute atomic E-state index is 0.204. The van der Waals surface area contributed by atoms with E-state index < -0.39 is 10.1 Å². The van der Waals surface area contributed by atoms with Gasteiger partial charge in [-0.3, -0.25) is 9.55 Å². The van der Waals surface area contributed by atoms with Crippen molar-refractivity contribution in [2.75, 3.05) is 5.75 Å². The van der Waals surface area contributed by atoms with E-state index in [0.717, 1.165) is 11.4 Å². The average Bonchev–Trinajstić information content (AvgIpc) is 2.92. The lowest BCUT2D eigenvalue weighted by Crippen LogP contribution is -2.28. The van der Waals surface area contributed by atoms with Crippen molar-refractivity contribution in [1.29, 1.82) is 0 Å². The van der Waals surface area contributed by atoms with Crippen LogP contribution in [0, 0.1) is 0 Å². The normalized spacial score (nSPS) is 21.6. The number of benzene rings is 1. The molecular formula is C15H17NO3S2. The second-order valence-corrected chi connectivity index (χ2v) is 8.23. The topological polar surface area (TPSA) is 66.7 Å². The summed E-state index contributed by atoms with van der Waals surface area (Å²) in [4.78, 5) is 4.66. The van der Waals surface area contributed by atoms with Gasteiger partial charge < -0.3 is 0 Å². The van der Waals surface area contributed by atoms with E-state index in [9.17, 15) is 8.42 Å². The molecule has 3 rings (SSSR count). The van der Waals surface area contributed by atoms with E-state index in [0.29, 0.717) is 12.8 Å². The highest BCUT2D eigenvalue weighted by Crippen LogP contribution is 2.47. The Kier molecular flexibility index (Phi) is 3.43. The number of nitrogens with zero attached hydrogens (tertiary/aromatic N) is 1. The van der Waals surface area contributed by atoms with E-state index in [4.69, 9.17) is 4.55 Å². The van der Waals surface area contributed by atoms with Gasteiger partial charge >= 0.3 is 0 Å². The summed E-state index contributed by atoms with van der Waals surface area (Å²) in [6.07, 6.45) is 1.08. The van der Waals surface area contributed by atoms with Crippen LogP contribution < -0.4 is 0 Å². The van der Waals surface area contributed by atoms with Crippen LogP contribution in [-0.4, -0.2) is 24.4 Å². The molecule has 0 aliphatic carbocycles. The maximum absolute atomic E-state index is 10.9. The van der Waals surface area contributed by atoms with Crippen LogP contribution in [0.1, 0.15) is 32.3 Å². The van der Waals surface area contributed by atoms with Crippen LogP contribution in [0.25, 0.3) is 10.1 Å². The summed E-state index contributed by atoms with van der Waals surface area (Å²) in [5, 5.41) is 3.27. The Balaban J connectivity index is 2.00. The Morgan fingerprint density at radius 2 is 2.10 bits per heavy atom. The number of rotatable bonds is 4. The Morgan fingerprint density at radius 1 is 1.33 bits per heavy atom. The molecule has 1 aliphatic heterocycles. The Morgan fingerprint density at radius 3 is 2.81 bits per heavy atom. The molecule has 0 saturated heterocycles. The van der Waals surface area contributed by atoms with E-state index in [-0.39, 0.29) is 11.2 Å². The predicted molar refractivity (Wildman–Crippen MR) is 87.6 cm³/mol. The van der Waals surface area contributed by atoms with Crippen LogP contribution in [-0.2, 0) is 15.5 Å². The molecule has 1 atom stereocenters. The maximum atomic E-state index is 10.9. The molecular weight excluding hydrogens is 306 g/mol. The van der Waals surface area contributed by atoms with Crippen molar-refractivity contribution in [2.45, 2.75) is 32.1 Å². The zero-order valence-electron chi connectivity index (χ0n) is 12.0. The van der Waals surface area contributed by atoms with E-state index >= 15 is 0 Å². The monoisotopic (exact) mass is 323 g/mol. The summed E-state index contributed by atoms with van der Waals surface area (Å²) in [6, 6.07) is 6.22. The molecule has 2 heterocycles. The molecule has 1 aromatic carbocycles. The maximum Gasteiger partial charge on any atom is 0.264 e. The summed E-state index contributed by atoms with van der Waals surface area (Å²) < 4.78 is 32.0. The van der Waals surface area contributed by atoms with E-state index in [2.05, 4.69) is 29.4 Å². The minimum atomic E-state index is -3.91. The largest absolute Gasteiger partial charge is 0.286 e. The van der Waals surface area contributed by atoms with Gasteiger partial charge in [0.2, 0.25) is 0 Å². The fourth-order valence-electron chi connectivity index (χ4n) is 3.10. The SMILES string of the molecule is CC1=Nc2ccc3sccc3c2C1(C)CCCS(=O)(=O)O. The molecule has 112 valence electrons. The summed E-state index contributed by atoms with van der Waals surface area (Å²) in [5.74, 6) is -0.204. The lowest BCUT2D eigenvalue weighted by Gasteiger charge is -2.26. The van der Waals surface area contributed by atoms with Crippen molar-refractivity contribution >= 4 is 42.9 Å². The molecule has 0 bridgehead atoms. The molecule has 6 heteroatoms. The number of aliphatic imine (C=N–C) groups is 1. The van der Waals surface area contributed by atoms with Crippen molar-refractivity contribution in [2.24, 2.45) is 4.99 Å². The van der Waals surface area contributed by atoms with Crippen molar-refractivity contribution in [1.82, 2.24) is 0 Å². The van der Waals surface area contributed by atoms with E-state index in [1.165, 1.54) is 15.6 Å². The molecule has 0 saturated carbocycles. The zero-order chi connectivity index (χ0) is 15.3. The fraction of sp³-hybridized carbons (Fsp3) is 0.400. The molecule has 2 aromatic rings. The van der Waals surface area contributed by atoms with Crippen LogP contribution in [0.3, 0.4) is 0 Å². The standard InChI is InChI=1S/C15H17NO3S2/c1-10-15(2,7-3-9-21(17,18)19)14-11-6-8-20-13(11)5-4-12(14)16-10/h4-6,8H,3,7,9H2,1-2H3,(H,17,18,19). The fourth-order valence-corrected chi connectivity index (χ4v) is 4.41. The van der Waals surface area contributed by atoms with Crippen molar-refractivity contribution in [3.8, 4) is 0 Å². The highest BCUT2D eigenvalue weighted by Gasteiger charge is 2.38. The molecule has 1 N–H and O–H groups in total. The van der Waals surface area contributed by atoms with Gasteiger partial charge in [-0.1, -0.05) is 6.92 Å². The van der Waals surface area contributed by atoms with Crippen molar-refractivity contribution in [3.05, 3.63) is 29.1 Å². The van der Waals surface area contributed by atoms with Crippen LogP contribution in [0.5, 0.6) is 0 Å². The zero-order valence-corrected chi connectivity index (χ0v) is 13.6. The number of hydrogen-bond donors (Lipinski definition) is 1. The molecule has 0 fully saturated rings. The second-order valence-electron chi connectivity index (χ2n) is 5.71. The van der Waals surface area contributed by atoms with Crippen LogP contribution in [0.2, 0.25) is 0 Å². The Bertz CT molecular complexity index is 836.